The second-order valence-corrected chi connectivity index (χ2v) is 7.74. The summed E-state index contributed by atoms with van der Waals surface area (Å²) in [7, 11) is 0. The lowest BCUT2D eigenvalue weighted by atomic mass is 10.1. The average molecular weight is 486 g/mol. The van der Waals surface area contributed by atoms with Gasteiger partial charge in [0.2, 0.25) is 5.89 Å². The SMILES string of the molecule is Cc1cnc2ccc(-c3nc(C(=O)NCc4ncccc4OCCO)c(N)nc3-c3ncco3)cn12. The summed E-state index contributed by atoms with van der Waals surface area (Å²) >= 11 is 0. The highest BCUT2D eigenvalue weighted by Gasteiger charge is 2.22. The third-order valence-corrected chi connectivity index (χ3v) is 5.35. The van der Waals surface area contributed by atoms with Crippen LogP contribution >= 0.6 is 0 Å². The summed E-state index contributed by atoms with van der Waals surface area (Å²) in [5.74, 6) is 0.0496. The van der Waals surface area contributed by atoms with Crippen molar-refractivity contribution in [3.05, 3.63) is 72.4 Å². The van der Waals surface area contributed by atoms with Crippen LogP contribution in [0.25, 0.3) is 28.5 Å². The number of hydrogen-bond acceptors (Lipinski definition) is 10. The van der Waals surface area contributed by atoms with E-state index >= 15 is 0 Å². The Balaban J connectivity index is 1.51. The van der Waals surface area contributed by atoms with Gasteiger partial charge in [0.1, 0.15) is 35.7 Å². The Kier molecular flexibility index (Phi) is 6.24. The van der Waals surface area contributed by atoms with Crippen LogP contribution in [0.1, 0.15) is 21.9 Å². The Bertz CT molecular complexity index is 1530. The number of carbonyl (C=O) groups excluding carboxylic acids is 1. The van der Waals surface area contributed by atoms with Gasteiger partial charge in [-0.15, -0.1) is 0 Å². The fourth-order valence-electron chi connectivity index (χ4n) is 3.64. The first-order valence-corrected chi connectivity index (χ1v) is 11.0. The molecule has 0 saturated heterocycles. The van der Waals surface area contributed by atoms with Crippen molar-refractivity contribution in [2.75, 3.05) is 18.9 Å². The number of aliphatic hydroxyl groups excluding tert-OH is 1. The van der Waals surface area contributed by atoms with Crippen LogP contribution in [0.4, 0.5) is 5.82 Å². The maximum Gasteiger partial charge on any atom is 0.274 e. The third-order valence-electron chi connectivity index (χ3n) is 5.35. The molecule has 12 heteroatoms. The van der Waals surface area contributed by atoms with Gasteiger partial charge in [-0.05, 0) is 31.2 Å². The van der Waals surface area contributed by atoms with Gasteiger partial charge in [-0.25, -0.2) is 19.9 Å². The van der Waals surface area contributed by atoms with Crippen LogP contribution < -0.4 is 15.8 Å². The van der Waals surface area contributed by atoms with E-state index in [0.717, 1.165) is 11.3 Å². The number of nitrogen functional groups attached to an aromatic ring is 1. The minimum absolute atomic E-state index is 0.0541. The fourth-order valence-corrected chi connectivity index (χ4v) is 3.64. The van der Waals surface area contributed by atoms with Crippen molar-refractivity contribution < 1.29 is 19.1 Å². The van der Waals surface area contributed by atoms with Gasteiger partial charge in [0.05, 0.1) is 19.3 Å². The Hall–Kier alpha value is -4.84. The number of aromatic nitrogens is 6. The number of rotatable bonds is 8. The number of oxazole rings is 1. The number of nitrogens with one attached hydrogen (secondary N) is 1. The van der Waals surface area contributed by atoms with Crippen molar-refractivity contribution in [3.63, 3.8) is 0 Å². The molecule has 0 saturated carbocycles. The summed E-state index contributed by atoms with van der Waals surface area (Å²) in [5, 5.41) is 11.8. The largest absolute Gasteiger partial charge is 0.489 e. The van der Waals surface area contributed by atoms with E-state index in [1.165, 1.54) is 12.5 Å². The second kappa shape index (κ2) is 9.80. The summed E-state index contributed by atoms with van der Waals surface area (Å²) in [5.41, 5.74) is 9.62. The number of imidazole rings is 1. The molecule has 4 N–H and O–H groups in total. The number of hydrogen-bond donors (Lipinski definition) is 3. The number of ether oxygens (including phenoxy) is 1. The van der Waals surface area contributed by atoms with Crippen LogP contribution in [0.2, 0.25) is 0 Å². The van der Waals surface area contributed by atoms with Crippen molar-refractivity contribution in [2.45, 2.75) is 13.5 Å². The molecule has 5 rings (SSSR count). The Morgan fingerprint density at radius 2 is 2.06 bits per heavy atom. The lowest BCUT2D eigenvalue weighted by Crippen LogP contribution is -2.26. The number of anilines is 1. The molecular formula is C24H22N8O4. The molecule has 0 unspecified atom stereocenters. The Morgan fingerprint density at radius 3 is 2.86 bits per heavy atom. The number of pyridine rings is 2. The van der Waals surface area contributed by atoms with E-state index in [9.17, 15) is 4.79 Å². The zero-order chi connectivity index (χ0) is 25.1. The first kappa shape index (κ1) is 22.9. The number of aliphatic hydroxyl groups is 1. The van der Waals surface area contributed by atoms with Crippen LogP contribution in [0.3, 0.4) is 0 Å². The molecule has 5 heterocycles. The molecule has 0 fully saturated rings. The molecule has 0 aliphatic heterocycles. The van der Waals surface area contributed by atoms with E-state index in [1.54, 1.807) is 24.5 Å². The van der Waals surface area contributed by atoms with Crippen molar-refractivity contribution in [3.8, 4) is 28.6 Å². The number of aryl methyl sites for hydroxylation is 1. The molecule has 0 aliphatic carbocycles. The van der Waals surface area contributed by atoms with Crippen molar-refractivity contribution in [2.24, 2.45) is 0 Å². The number of nitrogens with two attached hydrogens (primary N) is 1. The molecule has 0 bridgehead atoms. The highest BCUT2D eigenvalue weighted by molar-refractivity contribution is 5.97. The minimum atomic E-state index is -0.543. The van der Waals surface area contributed by atoms with E-state index in [-0.39, 0.29) is 37.2 Å². The molecule has 182 valence electrons. The summed E-state index contributed by atoms with van der Waals surface area (Å²) in [6, 6.07) is 7.08. The molecule has 36 heavy (non-hydrogen) atoms. The summed E-state index contributed by atoms with van der Waals surface area (Å²) in [6.45, 7) is 1.95. The molecule has 0 atom stereocenters. The highest BCUT2D eigenvalue weighted by atomic mass is 16.5. The van der Waals surface area contributed by atoms with Crippen LogP contribution in [0.5, 0.6) is 5.75 Å². The monoisotopic (exact) mass is 486 g/mol. The van der Waals surface area contributed by atoms with Gasteiger partial charge in [0, 0.05) is 29.8 Å². The average Bonchev–Trinajstić information content (AvgIpc) is 3.56. The highest BCUT2D eigenvalue weighted by Crippen LogP contribution is 2.30. The van der Waals surface area contributed by atoms with E-state index < -0.39 is 5.91 Å². The zero-order valence-corrected chi connectivity index (χ0v) is 19.3. The van der Waals surface area contributed by atoms with Crippen molar-refractivity contribution >= 4 is 17.4 Å². The molecule has 1 amide bonds. The van der Waals surface area contributed by atoms with Gasteiger partial charge in [-0.1, -0.05) is 0 Å². The van der Waals surface area contributed by atoms with Crippen LogP contribution in [0, 0.1) is 6.92 Å². The maximum absolute atomic E-state index is 13.1. The van der Waals surface area contributed by atoms with Gasteiger partial charge in [-0.3, -0.25) is 9.78 Å². The van der Waals surface area contributed by atoms with Crippen molar-refractivity contribution in [1.82, 2.24) is 34.6 Å². The van der Waals surface area contributed by atoms with E-state index in [2.05, 4.69) is 30.2 Å². The van der Waals surface area contributed by atoms with E-state index in [1.807, 2.05) is 29.7 Å². The quantitative estimate of drug-likeness (QED) is 0.295. The summed E-state index contributed by atoms with van der Waals surface area (Å²) in [6.07, 6.45) is 8.11. The number of amides is 1. The Labute approximate surface area is 204 Å². The summed E-state index contributed by atoms with van der Waals surface area (Å²) < 4.78 is 12.8. The van der Waals surface area contributed by atoms with Gasteiger partial charge >= 0.3 is 0 Å². The minimum Gasteiger partial charge on any atom is -0.489 e. The van der Waals surface area contributed by atoms with Gasteiger partial charge in [0.25, 0.3) is 5.91 Å². The van der Waals surface area contributed by atoms with Crippen molar-refractivity contribution in [1.29, 1.82) is 0 Å². The number of nitrogens with zero attached hydrogens (tertiary/aromatic N) is 6. The predicted octanol–water partition coefficient (Wildman–Crippen LogP) is 2.03. The van der Waals surface area contributed by atoms with E-state index in [4.69, 9.17) is 20.0 Å². The molecule has 0 aliphatic rings. The maximum atomic E-state index is 13.1. The normalized spacial score (nSPS) is 11.1. The number of carbonyl (C=O) groups is 1. The Morgan fingerprint density at radius 1 is 1.17 bits per heavy atom. The topological polar surface area (TPSA) is 167 Å². The standard InChI is InChI=1S/C24H22N8O4/c1-14-11-28-18-5-4-15(13-32(14)18)19-20(24-27-7-9-36-24)31-22(25)21(30-19)23(34)29-12-16-17(35-10-8-33)3-2-6-26-16/h2-7,9,11,13,33H,8,10,12H2,1H3,(H2,25,31)(H,29,34). The zero-order valence-electron chi connectivity index (χ0n) is 19.3. The molecule has 12 nitrogen and oxygen atoms in total. The van der Waals surface area contributed by atoms with Crippen LogP contribution in [0.15, 0.2) is 59.7 Å². The van der Waals surface area contributed by atoms with Gasteiger partial charge < -0.3 is 29.7 Å². The molecule has 5 aromatic heterocycles. The summed E-state index contributed by atoms with van der Waals surface area (Å²) in [4.78, 5) is 34.9. The first-order chi connectivity index (χ1) is 17.5. The predicted molar refractivity (Wildman–Crippen MR) is 129 cm³/mol. The van der Waals surface area contributed by atoms with Crippen LogP contribution in [-0.2, 0) is 6.54 Å². The van der Waals surface area contributed by atoms with E-state index in [0.29, 0.717) is 28.4 Å². The molecule has 5 aromatic rings. The first-order valence-electron chi connectivity index (χ1n) is 11.0. The van der Waals surface area contributed by atoms with Gasteiger partial charge in [-0.2, -0.15) is 0 Å². The fraction of sp³-hybridized carbons (Fsp3) is 0.167. The smallest absolute Gasteiger partial charge is 0.274 e. The molecular weight excluding hydrogens is 464 g/mol. The second-order valence-electron chi connectivity index (χ2n) is 7.74. The molecule has 0 radical (unpaired) electrons. The molecule has 0 spiro atoms. The lowest BCUT2D eigenvalue weighted by molar-refractivity contribution is 0.0945. The van der Waals surface area contributed by atoms with Crippen LogP contribution in [-0.4, -0.2) is 53.5 Å². The van der Waals surface area contributed by atoms with Gasteiger partial charge in [0.15, 0.2) is 17.2 Å². The lowest BCUT2D eigenvalue weighted by Gasteiger charge is -2.13. The number of fused-ring (bicyclic) bond motifs is 1. The third kappa shape index (κ3) is 4.44. The molecule has 0 aromatic carbocycles.